The van der Waals surface area contributed by atoms with Crippen molar-refractivity contribution in [3.05, 3.63) is 23.8 Å². The largest absolute Gasteiger partial charge is 0.493 e. The molecule has 126 valence electrons. The van der Waals surface area contributed by atoms with Gasteiger partial charge in [-0.05, 0) is 49.3 Å². The third-order valence-corrected chi connectivity index (χ3v) is 2.76. The molecule has 0 aromatic heterocycles. The number of hydrogen-bond donors (Lipinski definition) is 2. The zero-order valence-electron chi connectivity index (χ0n) is 13.2. The van der Waals surface area contributed by atoms with Crippen LogP contribution in [0.1, 0.15) is 25.3 Å². The van der Waals surface area contributed by atoms with Crippen LogP contribution in [-0.2, 0) is 9.53 Å². The summed E-state index contributed by atoms with van der Waals surface area (Å²) < 4.78 is 15.8. The number of carbonyl (C=O) groups excluding carboxylic acids is 1. The van der Waals surface area contributed by atoms with E-state index in [1.165, 1.54) is 0 Å². The molecule has 0 unspecified atom stereocenters. The molecule has 23 heavy (non-hydrogen) atoms. The van der Waals surface area contributed by atoms with Crippen LogP contribution in [0.4, 0.5) is 0 Å². The summed E-state index contributed by atoms with van der Waals surface area (Å²) in [6, 6.07) is 5.35. The number of hydrogen-bond acceptors (Lipinski definition) is 6. The van der Waals surface area contributed by atoms with Crippen molar-refractivity contribution in [2.75, 3.05) is 20.3 Å². The van der Waals surface area contributed by atoms with Gasteiger partial charge in [-0.15, -0.1) is 0 Å². The van der Waals surface area contributed by atoms with Crippen LogP contribution in [0.15, 0.2) is 23.3 Å². The second-order valence-electron chi connectivity index (χ2n) is 4.40. The average Bonchev–Trinajstić information content (AvgIpc) is 2.52. The third-order valence-electron chi connectivity index (χ3n) is 2.66. The average molecular weight is 339 g/mol. The van der Waals surface area contributed by atoms with Crippen LogP contribution < -0.4 is 20.6 Å². The van der Waals surface area contributed by atoms with Crippen LogP contribution >= 0.6 is 12.2 Å². The fourth-order valence-corrected chi connectivity index (χ4v) is 1.74. The van der Waals surface area contributed by atoms with E-state index in [1.807, 2.05) is 6.07 Å². The minimum Gasteiger partial charge on any atom is -0.493 e. The zero-order valence-corrected chi connectivity index (χ0v) is 14.0. The molecule has 3 N–H and O–H groups in total. The van der Waals surface area contributed by atoms with E-state index in [2.05, 4.69) is 22.7 Å². The molecule has 0 fully saturated rings. The number of rotatable bonds is 9. The molecule has 0 bridgehead atoms. The predicted octanol–water partition coefficient (Wildman–Crippen LogP) is 1.58. The van der Waals surface area contributed by atoms with Gasteiger partial charge in [0.05, 0.1) is 26.5 Å². The van der Waals surface area contributed by atoms with Crippen molar-refractivity contribution in [2.24, 2.45) is 10.8 Å². The van der Waals surface area contributed by atoms with Crippen molar-refractivity contribution < 1.29 is 19.0 Å². The maximum absolute atomic E-state index is 11.3. The van der Waals surface area contributed by atoms with Gasteiger partial charge in [-0.2, -0.15) is 5.10 Å². The first-order valence-corrected chi connectivity index (χ1v) is 7.52. The molecule has 1 rings (SSSR count). The van der Waals surface area contributed by atoms with Crippen molar-refractivity contribution in [2.45, 2.75) is 19.8 Å². The van der Waals surface area contributed by atoms with E-state index >= 15 is 0 Å². The molecular weight excluding hydrogens is 318 g/mol. The third kappa shape index (κ3) is 7.46. The van der Waals surface area contributed by atoms with E-state index in [-0.39, 0.29) is 11.1 Å². The maximum atomic E-state index is 11.3. The second kappa shape index (κ2) is 10.4. The number of carbonyl (C=O) groups is 1. The molecule has 0 heterocycles. The van der Waals surface area contributed by atoms with Crippen molar-refractivity contribution >= 4 is 29.5 Å². The van der Waals surface area contributed by atoms with E-state index in [0.717, 1.165) is 5.56 Å². The summed E-state index contributed by atoms with van der Waals surface area (Å²) in [7, 11) is 1.56. The first-order chi connectivity index (χ1) is 11.1. The van der Waals surface area contributed by atoms with E-state index in [9.17, 15) is 4.79 Å². The van der Waals surface area contributed by atoms with Crippen molar-refractivity contribution in [1.82, 2.24) is 5.43 Å². The number of esters is 1. The number of benzene rings is 1. The van der Waals surface area contributed by atoms with Gasteiger partial charge in [0.2, 0.25) is 0 Å². The maximum Gasteiger partial charge on any atom is 0.305 e. The Morgan fingerprint density at radius 2 is 2.22 bits per heavy atom. The topological polar surface area (TPSA) is 95.2 Å². The Hall–Kier alpha value is -2.35. The number of nitrogens with zero attached hydrogens (tertiary/aromatic N) is 1. The molecule has 0 radical (unpaired) electrons. The summed E-state index contributed by atoms with van der Waals surface area (Å²) in [5, 5.41) is 3.97. The first-order valence-electron chi connectivity index (χ1n) is 7.11. The Labute approximate surface area is 140 Å². The predicted molar refractivity (Wildman–Crippen MR) is 91.9 cm³/mol. The van der Waals surface area contributed by atoms with Crippen LogP contribution in [0.5, 0.6) is 11.5 Å². The minimum atomic E-state index is -0.229. The molecule has 0 atom stereocenters. The molecule has 8 heteroatoms. The lowest BCUT2D eigenvalue weighted by molar-refractivity contribution is -0.143. The first kappa shape index (κ1) is 18.7. The molecule has 0 saturated carbocycles. The Bertz CT molecular complexity index is 564. The number of methoxy groups -OCH3 is 1. The van der Waals surface area contributed by atoms with E-state index in [4.69, 9.17) is 19.9 Å². The van der Waals surface area contributed by atoms with Gasteiger partial charge in [0, 0.05) is 6.42 Å². The number of hydrazone groups is 1. The SMILES string of the molecule is CCOC(=O)CCCOc1cc(C=NNC(N)=S)ccc1OC. The second-order valence-corrected chi connectivity index (χ2v) is 4.84. The summed E-state index contributed by atoms with van der Waals surface area (Å²) >= 11 is 4.66. The molecule has 0 aliphatic heterocycles. The highest BCUT2D eigenvalue weighted by molar-refractivity contribution is 7.80. The quantitative estimate of drug-likeness (QED) is 0.232. The highest BCUT2D eigenvalue weighted by Gasteiger charge is 2.06. The van der Waals surface area contributed by atoms with Crippen molar-refractivity contribution in [3.63, 3.8) is 0 Å². The van der Waals surface area contributed by atoms with Gasteiger partial charge in [0.1, 0.15) is 0 Å². The van der Waals surface area contributed by atoms with E-state index < -0.39 is 0 Å². The molecule has 0 aliphatic carbocycles. The highest BCUT2D eigenvalue weighted by atomic mass is 32.1. The summed E-state index contributed by atoms with van der Waals surface area (Å²) in [4.78, 5) is 11.3. The lowest BCUT2D eigenvalue weighted by Gasteiger charge is -2.11. The van der Waals surface area contributed by atoms with Crippen LogP contribution in [0.25, 0.3) is 0 Å². The van der Waals surface area contributed by atoms with Gasteiger partial charge in [0.15, 0.2) is 16.6 Å². The molecule has 0 spiro atoms. The van der Waals surface area contributed by atoms with Gasteiger partial charge in [0.25, 0.3) is 0 Å². The normalized spacial score (nSPS) is 10.3. The summed E-state index contributed by atoms with van der Waals surface area (Å²) in [6.07, 6.45) is 2.43. The van der Waals surface area contributed by atoms with E-state index in [0.29, 0.717) is 37.6 Å². The highest BCUT2D eigenvalue weighted by Crippen LogP contribution is 2.27. The Balaban J connectivity index is 2.59. The van der Waals surface area contributed by atoms with Crippen LogP contribution in [0.3, 0.4) is 0 Å². The summed E-state index contributed by atoms with van der Waals surface area (Å²) in [5.74, 6) is 0.934. The smallest absolute Gasteiger partial charge is 0.305 e. The van der Waals surface area contributed by atoms with Gasteiger partial charge in [-0.3, -0.25) is 10.2 Å². The van der Waals surface area contributed by atoms with Crippen LogP contribution in [-0.4, -0.2) is 37.6 Å². The van der Waals surface area contributed by atoms with Gasteiger partial charge >= 0.3 is 5.97 Å². The van der Waals surface area contributed by atoms with Gasteiger partial charge in [-0.25, -0.2) is 0 Å². The van der Waals surface area contributed by atoms with Crippen molar-refractivity contribution in [1.29, 1.82) is 0 Å². The zero-order chi connectivity index (χ0) is 17.1. The molecule has 1 aromatic rings. The minimum absolute atomic E-state index is 0.0881. The molecule has 0 aliphatic rings. The summed E-state index contributed by atoms with van der Waals surface area (Å²) in [5.41, 5.74) is 8.54. The molecule has 0 amide bonds. The molecule has 1 aromatic carbocycles. The molecular formula is C15H21N3O4S. The van der Waals surface area contributed by atoms with E-state index in [1.54, 1.807) is 32.4 Å². The Morgan fingerprint density at radius 3 is 2.87 bits per heavy atom. The fourth-order valence-electron chi connectivity index (χ4n) is 1.69. The van der Waals surface area contributed by atoms with Crippen LogP contribution in [0.2, 0.25) is 0 Å². The molecule has 0 saturated heterocycles. The van der Waals surface area contributed by atoms with Gasteiger partial charge < -0.3 is 19.9 Å². The number of thiocarbonyl (C=S) groups is 1. The standard InChI is InChI=1S/C15H21N3O4S/c1-3-21-14(19)5-4-8-22-13-9-11(6-7-12(13)20-2)10-17-18-15(16)23/h6-7,9-10H,3-5,8H2,1-2H3,(H3,16,18,23). The monoisotopic (exact) mass is 339 g/mol. The van der Waals surface area contributed by atoms with Crippen LogP contribution in [0, 0.1) is 0 Å². The summed E-state index contributed by atoms with van der Waals surface area (Å²) in [6.45, 7) is 2.54. The molecule has 7 nitrogen and oxygen atoms in total. The lowest BCUT2D eigenvalue weighted by Crippen LogP contribution is -2.23. The number of ether oxygens (including phenoxy) is 3. The van der Waals surface area contributed by atoms with Gasteiger partial charge in [-0.1, -0.05) is 0 Å². The number of nitrogens with two attached hydrogens (primary N) is 1. The number of nitrogens with one attached hydrogen (secondary N) is 1. The Morgan fingerprint density at radius 1 is 1.43 bits per heavy atom. The van der Waals surface area contributed by atoms with Crippen molar-refractivity contribution in [3.8, 4) is 11.5 Å². The fraction of sp³-hybridized carbons (Fsp3) is 0.400. The lowest BCUT2D eigenvalue weighted by atomic mass is 10.2. The Kier molecular flexibility index (Phi) is 8.45.